The quantitative estimate of drug-likeness (QED) is 0.642. The average Bonchev–Trinajstić information content (AvgIpc) is 2.49. The number of Topliss-reactive ketones (excluding diaryl/α,β-unsaturated/α-hetero) is 1. The number of hydrogen-bond donors (Lipinski definition) is 1. The van der Waals surface area contributed by atoms with Crippen LogP contribution in [0.2, 0.25) is 0 Å². The summed E-state index contributed by atoms with van der Waals surface area (Å²) in [7, 11) is 0.217. The van der Waals surface area contributed by atoms with Gasteiger partial charge in [-0.15, -0.1) is 8.19 Å². The highest BCUT2D eigenvalue weighted by Gasteiger charge is 2.17. The molecular formula is C8H8F2NOPS. The monoisotopic (exact) mass is 235 g/mol. The van der Waals surface area contributed by atoms with E-state index in [-0.39, 0.29) is 18.7 Å². The molecule has 1 rings (SSSR count). The number of ketones is 1. The van der Waals surface area contributed by atoms with E-state index < -0.39 is 18.6 Å². The van der Waals surface area contributed by atoms with Gasteiger partial charge in [-0.05, 0) is 11.9 Å². The molecule has 0 aliphatic carbocycles. The number of hydrogen-bond acceptors (Lipinski definition) is 2. The van der Waals surface area contributed by atoms with E-state index >= 15 is 0 Å². The molecule has 2 nitrogen and oxygen atoms in total. The fourth-order valence-corrected chi connectivity index (χ4v) is 2.28. The van der Waals surface area contributed by atoms with Crippen molar-refractivity contribution in [3.63, 3.8) is 0 Å². The second-order valence-corrected chi connectivity index (χ2v) is 4.21. The van der Waals surface area contributed by atoms with Gasteiger partial charge >= 0.3 is 0 Å². The van der Waals surface area contributed by atoms with Crippen LogP contribution in [0.4, 0.5) is 8.78 Å². The summed E-state index contributed by atoms with van der Waals surface area (Å²) in [6, 6.07) is 1.51. The molecule has 1 unspecified atom stereocenters. The summed E-state index contributed by atoms with van der Waals surface area (Å²) >= 11 is 4.71. The molecule has 0 aliphatic heterocycles. The van der Waals surface area contributed by atoms with Crippen LogP contribution in [0.5, 0.6) is 0 Å². The molecule has 1 heterocycles. The van der Waals surface area contributed by atoms with Crippen molar-refractivity contribution < 1.29 is 13.6 Å². The lowest BCUT2D eigenvalue weighted by atomic mass is 10.1. The van der Waals surface area contributed by atoms with Gasteiger partial charge in [0.05, 0.1) is 6.42 Å². The van der Waals surface area contributed by atoms with Gasteiger partial charge in [0.1, 0.15) is 4.99 Å². The van der Waals surface area contributed by atoms with Gasteiger partial charge < -0.3 is 5.73 Å². The van der Waals surface area contributed by atoms with E-state index in [1.807, 2.05) is 0 Å². The highest BCUT2D eigenvalue weighted by atomic mass is 32.1. The van der Waals surface area contributed by atoms with Gasteiger partial charge in [-0.3, -0.25) is 4.79 Å². The van der Waals surface area contributed by atoms with Crippen molar-refractivity contribution in [1.29, 1.82) is 0 Å². The minimum absolute atomic E-state index is 0.117. The summed E-state index contributed by atoms with van der Waals surface area (Å²) in [5, 5.41) is 0.519. The highest BCUT2D eigenvalue weighted by Crippen LogP contribution is 2.23. The van der Waals surface area contributed by atoms with Crippen LogP contribution < -0.4 is 5.73 Å². The fraction of sp³-hybridized carbons (Fsp3) is 0.250. The van der Waals surface area contributed by atoms with Crippen LogP contribution in [-0.4, -0.2) is 17.2 Å². The molecular weight excluding hydrogens is 227 g/mol. The molecule has 76 valence electrons. The van der Waals surface area contributed by atoms with Crippen molar-refractivity contribution in [2.45, 2.75) is 12.8 Å². The van der Waals surface area contributed by atoms with Crippen molar-refractivity contribution in [2.24, 2.45) is 5.73 Å². The maximum atomic E-state index is 11.9. The van der Waals surface area contributed by atoms with E-state index in [2.05, 4.69) is 0 Å². The first kappa shape index (κ1) is 11.3. The number of nitrogens with two attached hydrogens (primary N) is 1. The molecule has 0 spiro atoms. The molecule has 1 aromatic rings. The summed E-state index contributed by atoms with van der Waals surface area (Å²) in [4.78, 5) is 11.4. The van der Waals surface area contributed by atoms with E-state index in [9.17, 15) is 13.6 Å². The molecule has 0 fully saturated rings. The zero-order valence-corrected chi connectivity index (χ0v) is 8.91. The largest absolute Gasteiger partial charge is 0.389 e. The van der Waals surface area contributed by atoms with Crippen molar-refractivity contribution in [2.75, 3.05) is 0 Å². The van der Waals surface area contributed by atoms with E-state index in [4.69, 9.17) is 18.0 Å². The highest BCUT2D eigenvalue weighted by molar-refractivity contribution is 7.81. The second-order valence-electron chi connectivity index (χ2n) is 2.65. The Hall–Kier alpha value is -0.800. The Morgan fingerprint density at radius 3 is 2.79 bits per heavy atom. The Morgan fingerprint density at radius 2 is 2.29 bits per heavy atom. The Morgan fingerprint density at radius 1 is 1.64 bits per heavy atom. The summed E-state index contributed by atoms with van der Waals surface area (Å²) in [6.45, 7) is 0. The first-order chi connectivity index (χ1) is 6.52. The van der Waals surface area contributed by atoms with Gasteiger partial charge in [-0.1, -0.05) is 12.2 Å². The summed E-state index contributed by atoms with van der Waals surface area (Å²) in [6.07, 6.45) is -3.39. The van der Waals surface area contributed by atoms with Gasteiger partial charge in [0.15, 0.2) is 5.78 Å². The number of halogens is 2. The molecule has 0 aliphatic rings. The molecule has 0 radical (unpaired) electrons. The Bertz CT molecular complexity index is 364. The van der Waals surface area contributed by atoms with E-state index in [1.165, 1.54) is 6.07 Å². The van der Waals surface area contributed by atoms with E-state index in [0.717, 1.165) is 0 Å². The van der Waals surface area contributed by atoms with Gasteiger partial charge in [-0.25, -0.2) is 8.78 Å². The first-order valence-corrected chi connectivity index (χ1v) is 5.29. The van der Waals surface area contributed by atoms with Crippen LogP contribution in [0, 0.1) is 0 Å². The van der Waals surface area contributed by atoms with Gasteiger partial charge in [0, 0.05) is 10.9 Å². The number of rotatable bonds is 4. The minimum atomic E-state index is -2.63. The van der Waals surface area contributed by atoms with Gasteiger partial charge in [0.25, 0.3) is 0 Å². The Labute approximate surface area is 86.6 Å². The molecule has 2 N–H and O–H groups in total. The number of carbonyl (C=O) groups is 1. The fourth-order valence-electron chi connectivity index (χ4n) is 1.06. The molecule has 0 aromatic carbocycles. The van der Waals surface area contributed by atoms with Gasteiger partial charge in [0.2, 0.25) is 6.43 Å². The minimum Gasteiger partial charge on any atom is -0.389 e. The summed E-state index contributed by atoms with van der Waals surface area (Å²) in [5.74, 6) is 1.12. The van der Waals surface area contributed by atoms with Crippen molar-refractivity contribution in [3.8, 4) is 0 Å². The van der Waals surface area contributed by atoms with Crippen LogP contribution in [-0.2, 0) is 0 Å². The van der Waals surface area contributed by atoms with E-state index in [0.29, 0.717) is 5.30 Å². The zero-order chi connectivity index (χ0) is 10.7. The van der Waals surface area contributed by atoms with Crippen LogP contribution >= 0.6 is 20.4 Å². The molecule has 14 heavy (non-hydrogen) atoms. The van der Waals surface area contributed by atoms with Crippen LogP contribution in [0.3, 0.4) is 0 Å². The standard InChI is InChI=1S/C8H8F2NOPS/c9-6(10)3-5(12)4-1-2-13-7(4)8(11)14/h1-2,6,13H,3H2,(H2,11,14). The molecule has 0 saturated heterocycles. The predicted molar refractivity (Wildman–Crippen MR) is 56.8 cm³/mol. The lowest BCUT2D eigenvalue weighted by Crippen LogP contribution is -2.13. The Balaban J connectivity index is 2.90. The van der Waals surface area contributed by atoms with Crippen molar-refractivity contribution >= 4 is 31.2 Å². The second kappa shape index (κ2) is 4.62. The third-order valence-electron chi connectivity index (χ3n) is 1.63. The lowest BCUT2D eigenvalue weighted by Gasteiger charge is -2.01. The molecule has 1 aromatic heterocycles. The predicted octanol–water partition coefficient (Wildman–Crippen LogP) is 2.19. The van der Waals surface area contributed by atoms with Crippen molar-refractivity contribution in [1.82, 2.24) is 0 Å². The number of thiocarbonyl (C=S) groups is 1. The molecule has 0 amide bonds. The summed E-state index contributed by atoms with van der Waals surface area (Å²) in [5.41, 5.74) is 5.60. The third kappa shape index (κ3) is 2.59. The summed E-state index contributed by atoms with van der Waals surface area (Å²) < 4.78 is 23.9. The van der Waals surface area contributed by atoms with Crippen LogP contribution in [0.25, 0.3) is 0 Å². The topological polar surface area (TPSA) is 43.1 Å². The molecule has 1 atom stereocenters. The Kier molecular flexibility index (Phi) is 3.72. The molecule has 6 heteroatoms. The van der Waals surface area contributed by atoms with Crippen molar-refractivity contribution in [3.05, 3.63) is 22.7 Å². The third-order valence-corrected chi connectivity index (χ3v) is 3.18. The normalized spacial score (nSPS) is 11.1. The first-order valence-electron chi connectivity index (χ1n) is 3.81. The van der Waals surface area contributed by atoms with Crippen LogP contribution in [0.1, 0.15) is 22.1 Å². The maximum absolute atomic E-state index is 11.9. The molecule has 0 bridgehead atoms. The number of alkyl halides is 2. The zero-order valence-electron chi connectivity index (χ0n) is 7.09. The number of carbonyl (C=O) groups excluding carboxylic acids is 1. The maximum Gasteiger partial charge on any atom is 0.245 e. The van der Waals surface area contributed by atoms with E-state index in [1.54, 1.807) is 5.80 Å². The van der Waals surface area contributed by atoms with Gasteiger partial charge in [-0.2, -0.15) is 0 Å². The van der Waals surface area contributed by atoms with Crippen LogP contribution in [0.15, 0.2) is 11.9 Å². The molecule has 0 saturated carbocycles. The average molecular weight is 235 g/mol. The SMILES string of the molecule is NC(=S)c1[pH]ccc1C(=O)CC(F)F. The smallest absolute Gasteiger partial charge is 0.245 e. The lowest BCUT2D eigenvalue weighted by molar-refractivity contribution is 0.0830.